The van der Waals surface area contributed by atoms with Gasteiger partial charge in [-0.2, -0.15) is 0 Å². The lowest BCUT2D eigenvalue weighted by Crippen LogP contribution is -2.46. The Kier molecular flexibility index (Phi) is 23.0. The average Bonchev–Trinajstić information content (AvgIpc) is 3.25. The molecule has 8 nitrogen and oxygen atoms in total. The minimum Gasteiger partial charge on any atom is -0.326 e. The third kappa shape index (κ3) is 21.3. The molecule has 0 unspecified atom stereocenters. The number of carbonyl (C=O) groups is 2. The van der Waals surface area contributed by atoms with Gasteiger partial charge in [0.1, 0.15) is 0 Å². The molecule has 9 heteroatoms. The molecule has 0 aromatic heterocycles. The number of anilines is 2. The van der Waals surface area contributed by atoms with Crippen molar-refractivity contribution in [2.24, 2.45) is 0 Å². The summed E-state index contributed by atoms with van der Waals surface area (Å²) in [5.41, 5.74) is 6.62. The first-order valence-electron chi connectivity index (χ1n) is 21.5. The van der Waals surface area contributed by atoms with Crippen molar-refractivity contribution >= 4 is 46.9 Å². The van der Waals surface area contributed by atoms with Crippen LogP contribution in [0.15, 0.2) is 121 Å². The summed E-state index contributed by atoms with van der Waals surface area (Å²) in [5.74, 6) is 0.800. The molecule has 59 heavy (non-hydrogen) atoms. The van der Waals surface area contributed by atoms with E-state index in [1.807, 2.05) is 74.5 Å². The van der Waals surface area contributed by atoms with Gasteiger partial charge in [-0.25, -0.2) is 0 Å². The number of piperazine rings is 2. The number of amides is 2. The number of rotatable bonds is 17. The van der Waals surface area contributed by atoms with Gasteiger partial charge < -0.3 is 20.9 Å². The molecule has 0 radical (unpaired) electrons. The van der Waals surface area contributed by atoms with E-state index in [2.05, 4.69) is 103 Å². The van der Waals surface area contributed by atoms with Crippen molar-refractivity contribution in [3.63, 3.8) is 0 Å². The molecular formula is C50H67ClN6O2. The smallest absolute Gasteiger partial charge is 0.224 e. The Balaban J connectivity index is 0.000000215. The molecule has 0 atom stereocenters. The largest absolute Gasteiger partial charge is 0.326 e. The van der Waals surface area contributed by atoms with Crippen molar-refractivity contribution in [3.8, 4) is 0 Å². The third-order valence-electron chi connectivity index (χ3n) is 10.1. The van der Waals surface area contributed by atoms with Gasteiger partial charge in [-0.05, 0) is 92.6 Å². The fraction of sp³-hybridized carbons (Fsp3) is 0.400. The van der Waals surface area contributed by atoms with E-state index in [1.54, 1.807) is 0 Å². The van der Waals surface area contributed by atoms with Gasteiger partial charge in [-0.3, -0.25) is 19.4 Å². The number of hydrogen-bond acceptors (Lipinski definition) is 6. The van der Waals surface area contributed by atoms with Crippen molar-refractivity contribution in [1.82, 2.24) is 20.0 Å². The first-order chi connectivity index (χ1) is 28.9. The molecule has 2 saturated heterocycles. The predicted molar refractivity (Wildman–Crippen MR) is 251 cm³/mol. The number of nitrogens with one attached hydrogen (secondary N) is 3. The number of alkyl halides is 1. The zero-order chi connectivity index (χ0) is 41.8. The van der Waals surface area contributed by atoms with E-state index >= 15 is 0 Å². The second-order valence-electron chi connectivity index (χ2n) is 15.3. The van der Waals surface area contributed by atoms with E-state index in [-0.39, 0.29) is 11.8 Å². The lowest BCUT2D eigenvalue weighted by Gasteiger charge is -2.34. The molecule has 2 heterocycles. The molecule has 3 N–H and O–H groups in total. The highest BCUT2D eigenvalue weighted by molar-refractivity contribution is 6.17. The van der Waals surface area contributed by atoms with Crippen LogP contribution < -0.4 is 16.0 Å². The normalized spacial score (nSPS) is 14.9. The molecule has 0 spiro atoms. The predicted octanol–water partition coefficient (Wildman–Crippen LogP) is 9.38. The van der Waals surface area contributed by atoms with Crippen molar-refractivity contribution in [2.45, 2.75) is 52.4 Å². The SMILES string of the molecule is C(=C\c1ccccc1)/CN1CCNCC1.Cc1cccc(NC(=O)CCCCCl)c1.Cc1cccc(NC(=O)CCCCN2CCN(C/C=C/c3ccccc3)CC2)c1. The lowest BCUT2D eigenvalue weighted by atomic mass is 10.2. The molecule has 0 aliphatic carbocycles. The molecule has 4 aromatic rings. The van der Waals surface area contributed by atoms with E-state index in [1.165, 1.54) is 24.2 Å². The zero-order valence-corrected chi connectivity index (χ0v) is 36.2. The van der Waals surface area contributed by atoms with Gasteiger partial charge >= 0.3 is 0 Å². The monoisotopic (exact) mass is 819 g/mol. The summed E-state index contributed by atoms with van der Waals surface area (Å²) in [6.07, 6.45) is 13.8. The Labute approximate surface area is 359 Å². The Morgan fingerprint density at radius 1 is 0.576 bits per heavy atom. The van der Waals surface area contributed by atoms with Crippen LogP contribution in [-0.4, -0.2) is 104 Å². The number of unbranched alkanes of at least 4 members (excludes halogenated alkanes) is 2. The summed E-state index contributed by atoms with van der Waals surface area (Å²) in [5, 5.41) is 9.21. The fourth-order valence-corrected chi connectivity index (χ4v) is 6.98. The van der Waals surface area contributed by atoms with Crippen LogP contribution in [0, 0.1) is 13.8 Å². The van der Waals surface area contributed by atoms with Crippen molar-refractivity contribution in [3.05, 3.63) is 144 Å². The van der Waals surface area contributed by atoms with Crippen LogP contribution in [0.4, 0.5) is 11.4 Å². The van der Waals surface area contributed by atoms with Gasteiger partial charge in [-0.15, -0.1) is 11.6 Å². The van der Waals surface area contributed by atoms with E-state index in [0.717, 1.165) is 107 Å². The maximum absolute atomic E-state index is 12.1. The Morgan fingerprint density at radius 3 is 1.51 bits per heavy atom. The summed E-state index contributed by atoms with van der Waals surface area (Å²) >= 11 is 5.53. The molecule has 6 rings (SSSR count). The quantitative estimate of drug-likeness (QED) is 0.0729. The van der Waals surface area contributed by atoms with Crippen molar-refractivity contribution < 1.29 is 9.59 Å². The minimum atomic E-state index is 0.0608. The molecule has 4 aromatic carbocycles. The van der Waals surface area contributed by atoms with Crippen LogP contribution >= 0.6 is 11.6 Å². The summed E-state index contributed by atoms with van der Waals surface area (Å²) in [4.78, 5) is 31.0. The standard InChI is InChI=1S/C25H33N3O.C13H18N2.C12H16ClNO/c1-22-9-7-13-24(21-22)26-25(29)14-5-6-15-27-17-19-28(20-18-27)16-8-12-23-10-3-2-4-11-23;1-2-5-13(6-3-1)7-4-10-15-11-8-14-9-12-15;1-10-5-4-6-11(9-10)14-12(15)7-2-3-8-13/h2-4,7-13,21H,5-6,14-20H2,1H3,(H,26,29);1-7,14H,8-12H2;4-6,9H,2-3,7-8H2,1H3,(H,14,15)/b12-8+;7-4+;. The summed E-state index contributed by atoms with van der Waals surface area (Å²) in [6, 6.07) is 36.7. The second-order valence-corrected chi connectivity index (χ2v) is 15.6. The number of carbonyl (C=O) groups excluding carboxylic acids is 2. The first-order valence-corrected chi connectivity index (χ1v) is 22.0. The number of nitrogens with zero attached hydrogens (tertiary/aromatic N) is 3. The van der Waals surface area contributed by atoms with Crippen LogP contribution in [0.3, 0.4) is 0 Å². The third-order valence-corrected chi connectivity index (χ3v) is 10.4. The van der Waals surface area contributed by atoms with Gasteiger partial charge in [-0.1, -0.05) is 109 Å². The molecule has 2 fully saturated rings. The number of hydrogen-bond donors (Lipinski definition) is 3. The second kappa shape index (κ2) is 28.8. The lowest BCUT2D eigenvalue weighted by molar-refractivity contribution is -0.117. The topological polar surface area (TPSA) is 79.9 Å². The highest BCUT2D eigenvalue weighted by Crippen LogP contribution is 2.13. The summed E-state index contributed by atoms with van der Waals surface area (Å²) < 4.78 is 0. The highest BCUT2D eigenvalue weighted by Gasteiger charge is 2.15. The van der Waals surface area contributed by atoms with Crippen LogP contribution in [0.1, 0.15) is 60.8 Å². The molecule has 0 bridgehead atoms. The molecule has 2 amide bonds. The zero-order valence-electron chi connectivity index (χ0n) is 35.5. The van der Waals surface area contributed by atoms with Crippen molar-refractivity contribution in [2.75, 3.05) is 88.5 Å². The van der Waals surface area contributed by atoms with Crippen LogP contribution in [-0.2, 0) is 9.59 Å². The number of aryl methyl sites for hydroxylation is 2. The maximum Gasteiger partial charge on any atom is 0.224 e. The van der Waals surface area contributed by atoms with Gasteiger partial charge in [0.2, 0.25) is 11.8 Å². The maximum atomic E-state index is 12.1. The van der Waals surface area contributed by atoms with Gasteiger partial charge in [0, 0.05) is 95.5 Å². The Hall–Kier alpha value is -4.57. The van der Waals surface area contributed by atoms with E-state index in [4.69, 9.17) is 11.6 Å². The van der Waals surface area contributed by atoms with E-state index < -0.39 is 0 Å². The van der Waals surface area contributed by atoms with Gasteiger partial charge in [0.15, 0.2) is 0 Å². The van der Waals surface area contributed by atoms with Crippen LogP contribution in [0.25, 0.3) is 12.2 Å². The molecule has 2 aliphatic heterocycles. The summed E-state index contributed by atoms with van der Waals surface area (Å²) in [7, 11) is 0. The first kappa shape index (κ1) is 47.1. The highest BCUT2D eigenvalue weighted by atomic mass is 35.5. The Bertz CT molecular complexity index is 1800. The molecule has 0 saturated carbocycles. The van der Waals surface area contributed by atoms with E-state index in [9.17, 15) is 9.59 Å². The molecule has 316 valence electrons. The van der Waals surface area contributed by atoms with Crippen LogP contribution in [0.5, 0.6) is 0 Å². The minimum absolute atomic E-state index is 0.0608. The van der Waals surface area contributed by atoms with E-state index in [0.29, 0.717) is 18.7 Å². The molecule has 2 aliphatic rings. The van der Waals surface area contributed by atoms with Gasteiger partial charge in [0.05, 0.1) is 0 Å². The molecular weight excluding hydrogens is 752 g/mol. The number of halogens is 1. The fourth-order valence-electron chi connectivity index (χ4n) is 6.79. The number of benzene rings is 4. The van der Waals surface area contributed by atoms with Gasteiger partial charge in [0.25, 0.3) is 0 Å². The Morgan fingerprint density at radius 2 is 1.03 bits per heavy atom. The van der Waals surface area contributed by atoms with Crippen molar-refractivity contribution in [1.29, 1.82) is 0 Å². The van der Waals surface area contributed by atoms with Crippen LogP contribution in [0.2, 0.25) is 0 Å². The average molecular weight is 820 g/mol. The summed E-state index contributed by atoms with van der Waals surface area (Å²) in [6.45, 7) is 16.3.